The predicted octanol–water partition coefficient (Wildman–Crippen LogP) is -1.99. The van der Waals surface area contributed by atoms with Gasteiger partial charge in [0.1, 0.15) is 0 Å². The van der Waals surface area contributed by atoms with Crippen LogP contribution in [0.4, 0.5) is 0 Å². The maximum atomic E-state index is 11.5. The van der Waals surface area contributed by atoms with Gasteiger partial charge < -0.3 is 20.9 Å². The van der Waals surface area contributed by atoms with E-state index in [1.165, 1.54) is 11.8 Å². The Bertz CT molecular complexity index is 338. The zero-order valence-corrected chi connectivity index (χ0v) is 11.8. The van der Waals surface area contributed by atoms with Gasteiger partial charge in [-0.2, -0.15) is 0 Å². The lowest BCUT2D eigenvalue weighted by molar-refractivity contribution is -0.132. The van der Waals surface area contributed by atoms with Gasteiger partial charge in [0.05, 0.1) is 18.1 Å². The summed E-state index contributed by atoms with van der Waals surface area (Å²) >= 11 is 1.27. The van der Waals surface area contributed by atoms with E-state index in [-0.39, 0.29) is 29.2 Å². The van der Waals surface area contributed by atoms with Gasteiger partial charge in [-0.05, 0) is 0 Å². The molecule has 0 unspecified atom stereocenters. The highest BCUT2D eigenvalue weighted by Crippen LogP contribution is 1.98. The SMILES string of the molecule is CNC(=O)CSCC(=O)NCCN1CCNCC1=O. The van der Waals surface area contributed by atoms with Crippen molar-refractivity contribution in [2.24, 2.45) is 0 Å². The first-order valence-electron chi connectivity index (χ1n) is 6.17. The number of carbonyl (C=O) groups is 3. The van der Waals surface area contributed by atoms with Crippen molar-refractivity contribution in [1.82, 2.24) is 20.9 Å². The summed E-state index contributed by atoms with van der Waals surface area (Å²) in [6.07, 6.45) is 0. The zero-order valence-electron chi connectivity index (χ0n) is 11.0. The summed E-state index contributed by atoms with van der Waals surface area (Å²) in [7, 11) is 1.56. The number of hydrogen-bond donors (Lipinski definition) is 3. The number of rotatable bonds is 7. The van der Waals surface area contributed by atoms with Gasteiger partial charge in [0, 0.05) is 33.2 Å². The Morgan fingerprint density at radius 1 is 1.37 bits per heavy atom. The minimum absolute atomic E-state index is 0.0643. The molecule has 19 heavy (non-hydrogen) atoms. The summed E-state index contributed by atoms with van der Waals surface area (Å²) in [5.41, 5.74) is 0. The zero-order chi connectivity index (χ0) is 14.1. The summed E-state index contributed by atoms with van der Waals surface area (Å²) in [6, 6.07) is 0. The first-order chi connectivity index (χ1) is 9.13. The molecule has 1 aliphatic heterocycles. The largest absolute Gasteiger partial charge is 0.358 e. The van der Waals surface area contributed by atoms with Crippen LogP contribution in [0.1, 0.15) is 0 Å². The number of piperazine rings is 1. The third-order valence-corrected chi connectivity index (χ3v) is 3.57. The fourth-order valence-corrected chi connectivity index (χ4v) is 2.29. The van der Waals surface area contributed by atoms with E-state index in [0.29, 0.717) is 26.2 Å². The van der Waals surface area contributed by atoms with Gasteiger partial charge in [-0.1, -0.05) is 0 Å². The molecule has 3 N–H and O–H groups in total. The quantitative estimate of drug-likeness (QED) is 0.505. The molecule has 1 fully saturated rings. The minimum atomic E-state index is -0.114. The molecule has 1 saturated heterocycles. The second-order valence-corrected chi connectivity index (χ2v) is 5.06. The molecule has 1 aliphatic rings. The number of nitrogens with one attached hydrogen (secondary N) is 3. The van der Waals surface area contributed by atoms with E-state index in [4.69, 9.17) is 0 Å². The number of amides is 3. The number of nitrogens with zero attached hydrogens (tertiary/aromatic N) is 1. The summed E-state index contributed by atoms with van der Waals surface area (Å²) in [6.45, 7) is 2.83. The van der Waals surface area contributed by atoms with Crippen molar-refractivity contribution in [3.05, 3.63) is 0 Å². The molecule has 1 rings (SSSR count). The van der Waals surface area contributed by atoms with Gasteiger partial charge in [-0.15, -0.1) is 11.8 Å². The van der Waals surface area contributed by atoms with Crippen LogP contribution in [0.5, 0.6) is 0 Å². The molecule has 7 nitrogen and oxygen atoms in total. The van der Waals surface area contributed by atoms with Crippen LogP contribution >= 0.6 is 11.8 Å². The Kier molecular flexibility index (Phi) is 7.27. The molecule has 3 amide bonds. The van der Waals surface area contributed by atoms with E-state index >= 15 is 0 Å². The summed E-state index contributed by atoms with van der Waals surface area (Å²) in [5, 5.41) is 8.21. The van der Waals surface area contributed by atoms with Crippen LogP contribution in [-0.2, 0) is 14.4 Å². The lowest BCUT2D eigenvalue weighted by atomic mass is 10.3. The van der Waals surface area contributed by atoms with Gasteiger partial charge in [-0.25, -0.2) is 0 Å². The van der Waals surface area contributed by atoms with Crippen molar-refractivity contribution in [2.75, 3.05) is 51.3 Å². The van der Waals surface area contributed by atoms with Crippen LogP contribution in [0.25, 0.3) is 0 Å². The lowest BCUT2D eigenvalue weighted by Crippen LogP contribution is -2.50. The Morgan fingerprint density at radius 3 is 2.79 bits per heavy atom. The molecule has 0 aliphatic carbocycles. The summed E-state index contributed by atoms with van der Waals surface area (Å²) in [5.74, 6) is 0.388. The van der Waals surface area contributed by atoms with Gasteiger partial charge in [0.15, 0.2) is 0 Å². The molecule has 0 atom stereocenters. The van der Waals surface area contributed by atoms with Crippen molar-refractivity contribution in [3.8, 4) is 0 Å². The number of thioether (sulfide) groups is 1. The van der Waals surface area contributed by atoms with Crippen molar-refractivity contribution < 1.29 is 14.4 Å². The Labute approximate surface area is 116 Å². The molecular weight excluding hydrogens is 268 g/mol. The fraction of sp³-hybridized carbons (Fsp3) is 0.727. The number of hydrogen-bond acceptors (Lipinski definition) is 5. The molecule has 0 bridgehead atoms. The monoisotopic (exact) mass is 288 g/mol. The van der Waals surface area contributed by atoms with E-state index in [1.54, 1.807) is 11.9 Å². The van der Waals surface area contributed by atoms with Crippen LogP contribution in [0.3, 0.4) is 0 Å². The molecule has 0 aromatic heterocycles. The molecule has 108 valence electrons. The van der Waals surface area contributed by atoms with E-state index in [9.17, 15) is 14.4 Å². The highest BCUT2D eigenvalue weighted by molar-refractivity contribution is 8.00. The molecule has 0 saturated carbocycles. The van der Waals surface area contributed by atoms with E-state index in [1.807, 2.05) is 0 Å². The van der Waals surface area contributed by atoms with Crippen LogP contribution in [0.2, 0.25) is 0 Å². The third kappa shape index (κ3) is 6.44. The highest BCUT2D eigenvalue weighted by Gasteiger charge is 2.16. The van der Waals surface area contributed by atoms with E-state index < -0.39 is 0 Å². The maximum absolute atomic E-state index is 11.5. The number of carbonyl (C=O) groups excluding carboxylic acids is 3. The second kappa shape index (κ2) is 8.76. The van der Waals surface area contributed by atoms with E-state index in [2.05, 4.69) is 16.0 Å². The first-order valence-corrected chi connectivity index (χ1v) is 7.32. The first kappa shape index (κ1) is 15.8. The second-order valence-electron chi connectivity index (χ2n) is 4.07. The van der Waals surface area contributed by atoms with Crippen LogP contribution in [0, 0.1) is 0 Å². The molecule has 1 heterocycles. The van der Waals surface area contributed by atoms with Crippen molar-refractivity contribution in [1.29, 1.82) is 0 Å². The predicted molar refractivity (Wildman–Crippen MR) is 73.9 cm³/mol. The molecule has 8 heteroatoms. The van der Waals surface area contributed by atoms with Crippen molar-refractivity contribution in [2.45, 2.75) is 0 Å². The van der Waals surface area contributed by atoms with Crippen molar-refractivity contribution in [3.63, 3.8) is 0 Å². The van der Waals surface area contributed by atoms with Crippen LogP contribution in [0.15, 0.2) is 0 Å². The average molecular weight is 288 g/mol. The maximum Gasteiger partial charge on any atom is 0.236 e. The summed E-state index contributed by atoms with van der Waals surface area (Å²) < 4.78 is 0. The normalized spacial score (nSPS) is 15.2. The molecule has 0 radical (unpaired) electrons. The Hall–Kier alpha value is -1.28. The van der Waals surface area contributed by atoms with Gasteiger partial charge in [0.2, 0.25) is 17.7 Å². The topological polar surface area (TPSA) is 90.5 Å². The van der Waals surface area contributed by atoms with Gasteiger partial charge in [0.25, 0.3) is 0 Å². The standard InChI is InChI=1S/C11H20N4O3S/c1-12-9(16)7-19-8-10(17)14-3-5-15-4-2-13-6-11(15)18/h13H,2-8H2,1H3,(H,12,16)(H,14,17). The minimum Gasteiger partial charge on any atom is -0.358 e. The smallest absolute Gasteiger partial charge is 0.236 e. The highest BCUT2D eigenvalue weighted by atomic mass is 32.2. The van der Waals surface area contributed by atoms with E-state index in [0.717, 1.165) is 6.54 Å². The molecular formula is C11H20N4O3S. The van der Waals surface area contributed by atoms with Gasteiger partial charge in [-0.3, -0.25) is 14.4 Å². The van der Waals surface area contributed by atoms with Crippen LogP contribution < -0.4 is 16.0 Å². The van der Waals surface area contributed by atoms with Crippen LogP contribution in [-0.4, -0.2) is 73.9 Å². The Balaban J connectivity index is 2.06. The Morgan fingerprint density at radius 2 is 2.11 bits per heavy atom. The van der Waals surface area contributed by atoms with Crippen molar-refractivity contribution >= 4 is 29.5 Å². The third-order valence-electron chi connectivity index (χ3n) is 2.64. The fourth-order valence-electron chi connectivity index (χ4n) is 1.57. The average Bonchev–Trinajstić information content (AvgIpc) is 2.40. The van der Waals surface area contributed by atoms with Gasteiger partial charge >= 0.3 is 0 Å². The molecule has 0 aromatic rings. The molecule has 0 aromatic carbocycles. The lowest BCUT2D eigenvalue weighted by Gasteiger charge is -2.27. The summed E-state index contributed by atoms with van der Waals surface area (Å²) in [4.78, 5) is 35.6. The molecule has 0 spiro atoms.